The first-order chi connectivity index (χ1) is 7.25. The van der Waals surface area contributed by atoms with Gasteiger partial charge in [-0.15, -0.1) is 11.6 Å². The summed E-state index contributed by atoms with van der Waals surface area (Å²) in [5.74, 6) is 0.688. The Morgan fingerprint density at radius 2 is 2.33 bits per heavy atom. The Labute approximate surface area is 95.8 Å². The molecule has 2 N–H and O–H groups in total. The first-order valence-electron chi connectivity index (χ1n) is 5.58. The van der Waals surface area contributed by atoms with Gasteiger partial charge in [0.2, 0.25) is 0 Å². The number of anilines is 1. The van der Waals surface area contributed by atoms with E-state index in [2.05, 4.69) is 4.98 Å². The molecule has 1 saturated carbocycles. The number of alkyl halides is 1. The summed E-state index contributed by atoms with van der Waals surface area (Å²) in [5.41, 5.74) is 7.94. The maximum Gasteiger partial charge on any atom is 0.0377 e. The smallest absolute Gasteiger partial charge is 0.0377 e. The topological polar surface area (TPSA) is 38.9 Å². The lowest BCUT2D eigenvalue weighted by molar-refractivity contribution is 0.361. The first-order valence-corrected chi connectivity index (χ1v) is 6.02. The van der Waals surface area contributed by atoms with Crippen molar-refractivity contribution in [2.45, 2.75) is 37.5 Å². The minimum atomic E-state index is 0.363. The molecule has 2 unspecified atom stereocenters. The van der Waals surface area contributed by atoms with Crippen LogP contribution in [0.5, 0.6) is 0 Å². The Morgan fingerprint density at radius 3 is 3.07 bits per heavy atom. The molecular weight excluding hydrogens is 208 g/mol. The van der Waals surface area contributed by atoms with Crippen LogP contribution in [0.4, 0.5) is 5.69 Å². The highest BCUT2D eigenvalue weighted by Crippen LogP contribution is 2.31. The molecular formula is C12H17ClN2. The summed E-state index contributed by atoms with van der Waals surface area (Å²) < 4.78 is 0. The molecule has 1 fully saturated rings. The van der Waals surface area contributed by atoms with E-state index in [4.69, 9.17) is 17.3 Å². The average molecular weight is 225 g/mol. The highest BCUT2D eigenvalue weighted by molar-refractivity contribution is 6.20. The van der Waals surface area contributed by atoms with E-state index >= 15 is 0 Å². The van der Waals surface area contributed by atoms with Gasteiger partial charge in [0.1, 0.15) is 0 Å². The van der Waals surface area contributed by atoms with Gasteiger partial charge in [0.15, 0.2) is 0 Å². The van der Waals surface area contributed by atoms with Crippen LogP contribution in [0, 0.1) is 5.92 Å². The number of rotatable bonds is 2. The van der Waals surface area contributed by atoms with E-state index in [1.165, 1.54) is 24.8 Å². The lowest BCUT2D eigenvalue weighted by Crippen LogP contribution is -2.17. The Morgan fingerprint density at radius 1 is 1.47 bits per heavy atom. The molecule has 1 aromatic heterocycles. The van der Waals surface area contributed by atoms with Crippen molar-refractivity contribution < 1.29 is 0 Å². The van der Waals surface area contributed by atoms with Crippen molar-refractivity contribution in [1.29, 1.82) is 0 Å². The van der Waals surface area contributed by atoms with Gasteiger partial charge in [-0.3, -0.25) is 4.98 Å². The van der Waals surface area contributed by atoms with Gasteiger partial charge in [0.05, 0.1) is 0 Å². The standard InChI is InChI=1S/C12H17ClN2/c13-11-3-1-2-9(7-11)6-10-8-15-5-4-12(10)14/h4-5,8-9,11H,1-3,6-7H2,(H2,14,15). The van der Waals surface area contributed by atoms with Crippen LogP contribution < -0.4 is 5.73 Å². The highest BCUT2D eigenvalue weighted by Gasteiger charge is 2.20. The third-order valence-electron chi connectivity index (χ3n) is 3.17. The van der Waals surface area contributed by atoms with Gasteiger partial charge in [-0.25, -0.2) is 0 Å². The van der Waals surface area contributed by atoms with Crippen LogP contribution in [0.25, 0.3) is 0 Å². The quantitative estimate of drug-likeness (QED) is 0.785. The molecule has 82 valence electrons. The fraction of sp³-hybridized carbons (Fsp3) is 0.583. The summed E-state index contributed by atoms with van der Waals surface area (Å²) >= 11 is 6.17. The number of halogens is 1. The van der Waals surface area contributed by atoms with E-state index < -0.39 is 0 Å². The van der Waals surface area contributed by atoms with Gasteiger partial charge < -0.3 is 5.73 Å². The van der Waals surface area contributed by atoms with Crippen LogP contribution in [0.15, 0.2) is 18.5 Å². The van der Waals surface area contributed by atoms with E-state index in [1.807, 2.05) is 12.3 Å². The van der Waals surface area contributed by atoms with Crippen LogP contribution in [0.3, 0.4) is 0 Å². The second-order valence-corrected chi connectivity index (χ2v) is 5.03. The van der Waals surface area contributed by atoms with Crippen molar-refractivity contribution in [2.24, 2.45) is 5.92 Å². The van der Waals surface area contributed by atoms with Gasteiger partial charge in [-0.2, -0.15) is 0 Å². The predicted molar refractivity (Wildman–Crippen MR) is 64.0 cm³/mol. The molecule has 15 heavy (non-hydrogen) atoms. The Balaban J connectivity index is 1.99. The zero-order valence-corrected chi connectivity index (χ0v) is 9.58. The van der Waals surface area contributed by atoms with Crippen molar-refractivity contribution in [2.75, 3.05) is 5.73 Å². The number of nitrogens with two attached hydrogens (primary N) is 1. The average Bonchev–Trinajstić information content (AvgIpc) is 2.22. The summed E-state index contributed by atoms with van der Waals surface area (Å²) in [7, 11) is 0. The van der Waals surface area contributed by atoms with E-state index in [9.17, 15) is 0 Å². The lowest BCUT2D eigenvalue weighted by atomic mass is 9.84. The minimum Gasteiger partial charge on any atom is -0.398 e. The molecule has 1 heterocycles. The van der Waals surface area contributed by atoms with Gasteiger partial charge in [0, 0.05) is 23.5 Å². The molecule has 0 radical (unpaired) electrons. The number of hydrogen-bond acceptors (Lipinski definition) is 2. The first kappa shape index (κ1) is 10.7. The number of pyridine rings is 1. The van der Waals surface area contributed by atoms with Crippen LogP contribution >= 0.6 is 11.6 Å². The highest BCUT2D eigenvalue weighted by atomic mass is 35.5. The maximum atomic E-state index is 6.17. The lowest BCUT2D eigenvalue weighted by Gasteiger charge is -2.25. The van der Waals surface area contributed by atoms with Crippen LogP contribution in [0.1, 0.15) is 31.2 Å². The molecule has 0 bridgehead atoms. The van der Waals surface area contributed by atoms with Crippen molar-refractivity contribution in [3.63, 3.8) is 0 Å². The molecule has 2 atom stereocenters. The molecule has 0 saturated heterocycles. The molecule has 1 aromatic rings. The largest absolute Gasteiger partial charge is 0.398 e. The van der Waals surface area contributed by atoms with Crippen molar-refractivity contribution >= 4 is 17.3 Å². The fourth-order valence-corrected chi connectivity index (χ4v) is 2.74. The van der Waals surface area contributed by atoms with Crippen molar-refractivity contribution in [1.82, 2.24) is 4.98 Å². The summed E-state index contributed by atoms with van der Waals surface area (Å²) in [5, 5.41) is 0.363. The molecule has 0 aliphatic heterocycles. The molecule has 2 nitrogen and oxygen atoms in total. The fourth-order valence-electron chi connectivity index (χ4n) is 2.33. The Bertz CT molecular complexity index is 327. The Hall–Kier alpha value is -0.760. The number of hydrogen-bond donors (Lipinski definition) is 1. The minimum absolute atomic E-state index is 0.363. The van der Waals surface area contributed by atoms with Crippen LogP contribution in [-0.4, -0.2) is 10.4 Å². The predicted octanol–water partition coefficient (Wildman–Crippen LogP) is 3.00. The molecule has 0 spiro atoms. The van der Waals surface area contributed by atoms with Gasteiger partial charge in [0.25, 0.3) is 0 Å². The summed E-state index contributed by atoms with van der Waals surface area (Å²) in [6, 6.07) is 1.87. The Kier molecular flexibility index (Phi) is 3.47. The van der Waals surface area contributed by atoms with E-state index in [0.717, 1.165) is 18.5 Å². The molecule has 1 aliphatic carbocycles. The summed E-state index contributed by atoms with van der Waals surface area (Å²) in [4.78, 5) is 4.12. The van der Waals surface area contributed by atoms with E-state index in [-0.39, 0.29) is 0 Å². The number of nitrogens with zero attached hydrogens (tertiary/aromatic N) is 1. The SMILES string of the molecule is Nc1ccncc1CC1CCCC(Cl)C1. The summed E-state index contributed by atoms with van der Waals surface area (Å²) in [6.45, 7) is 0. The van der Waals surface area contributed by atoms with E-state index in [1.54, 1.807) is 6.20 Å². The van der Waals surface area contributed by atoms with Gasteiger partial charge >= 0.3 is 0 Å². The van der Waals surface area contributed by atoms with Crippen LogP contribution in [-0.2, 0) is 6.42 Å². The molecule has 3 heteroatoms. The molecule has 0 aromatic carbocycles. The summed E-state index contributed by atoms with van der Waals surface area (Å²) in [6.07, 6.45) is 9.47. The second-order valence-electron chi connectivity index (χ2n) is 4.41. The van der Waals surface area contributed by atoms with E-state index in [0.29, 0.717) is 11.3 Å². The normalized spacial score (nSPS) is 26.5. The zero-order chi connectivity index (χ0) is 10.7. The third kappa shape index (κ3) is 2.85. The van der Waals surface area contributed by atoms with Crippen LogP contribution in [0.2, 0.25) is 0 Å². The molecule has 0 amide bonds. The van der Waals surface area contributed by atoms with Gasteiger partial charge in [-0.1, -0.05) is 12.8 Å². The zero-order valence-electron chi connectivity index (χ0n) is 8.82. The van der Waals surface area contributed by atoms with Crippen molar-refractivity contribution in [3.8, 4) is 0 Å². The monoisotopic (exact) mass is 224 g/mol. The maximum absolute atomic E-state index is 6.17. The van der Waals surface area contributed by atoms with Gasteiger partial charge in [-0.05, 0) is 36.8 Å². The number of aromatic nitrogens is 1. The molecule has 2 rings (SSSR count). The second kappa shape index (κ2) is 4.84. The third-order valence-corrected chi connectivity index (χ3v) is 3.57. The van der Waals surface area contributed by atoms with Crippen molar-refractivity contribution in [3.05, 3.63) is 24.0 Å². The number of nitrogen functional groups attached to an aromatic ring is 1. The molecule has 1 aliphatic rings.